The molecule has 144 valence electrons. The van der Waals surface area contributed by atoms with Gasteiger partial charge in [0.2, 0.25) is 4.77 Å². The molecule has 0 unspecified atom stereocenters. The largest absolute Gasteiger partial charge is 0.487 e. The van der Waals surface area contributed by atoms with Gasteiger partial charge in [-0.15, -0.1) is 0 Å². The monoisotopic (exact) mass is 397 g/mol. The summed E-state index contributed by atoms with van der Waals surface area (Å²) < 4.78 is 7.29. The van der Waals surface area contributed by atoms with Crippen LogP contribution in [0.1, 0.15) is 30.3 Å². The predicted octanol–water partition coefficient (Wildman–Crippen LogP) is 4.11. The van der Waals surface area contributed by atoms with E-state index in [1.165, 1.54) is 17.0 Å². The van der Waals surface area contributed by atoms with E-state index < -0.39 is 4.92 Å². The molecule has 9 heteroatoms. The zero-order valence-corrected chi connectivity index (χ0v) is 16.1. The highest BCUT2D eigenvalue weighted by molar-refractivity contribution is 7.71. The van der Waals surface area contributed by atoms with Crippen molar-refractivity contribution in [1.82, 2.24) is 14.9 Å². The molecular weight excluding hydrogens is 378 g/mol. The fourth-order valence-corrected chi connectivity index (χ4v) is 2.75. The first kappa shape index (κ1) is 19.4. The maximum atomic E-state index is 11.3. The number of nitro benzene ring substituents is 1. The van der Waals surface area contributed by atoms with Crippen LogP contribution in [0.2, 0.25) is 0 Å². The van der Waals surface area contributed by atoms with Crippen molar-refractivity contribution in [3.63, 3.8) is 0 Å². The van der Waals surface area contributed by atoms with E-state index in [2.05, 4.69) is 15.3 Å². The van der Waals surface area contributed by atoms with Gasteiger partial charge in [0, 0.05) is 18.1 Å². The lowest BCUT2D eigenvalue weighted by Crippen LogP contribution is -2.02. The maximum Gasteiger partial charge on any atom is 0.311 e. The lowest BCUT2D eigenvalue weighted by Gasteiger charge is -2.06. The van der Waals surface area contributed by atoms with E-state index in [0.29, 0.717) is 29.2 Å². The molecule has 0 fully saturated rings. The molecule has 0 atom stereocenters. The third-order valence-electron chi connectivity index (χ3n) is 3.89. The Labute approximate surface area is 166 Å². The first-order chi connectivity index (χ1) is 13.6. The SMILES string of the molecule is CCCOc1ccc(/C=N\n2c(Cc3ccccc3)n[nH]c2=S)cc1[N+](=O)[O-]. The van der Waals surface area contributed by atoms with Crippen molar-refractivity contribution >= 4 is 24.1 Å². The van der Waals surface area contributed by atoms with E-state index in [1.54, 1.807) is 12.1 Å². The number of rotatable bonds is 8. The average molecular weight is 397 g/mol. The van der Waals surface area contributed by atoms with Crippen LogP contribution in [0.25, 0.3) is 0 Å². The number of aromatic amines is 1. The van der Waals surface area contributed by atoms with Gasteiger partial charge in [0.1, 0.15) is 0 Å². The van der Waals surface area contributed by atoms with Gasteiger partial charge < -0.3 is 4.74 Å². The van der Waals surface area contributed by atoms with Crippen LogP contribution in [-0.4, -0.2) is 32.6 Å². The smallest absolute Gasteiger partial charge is 0.311 e. The molecule has 3 aromatic rings. The Kier molecular flexibility index (Phi) is 6.28. The van der Waals surface area contributed by atoms with Crippen LogP contribution in [0.15, 0.2) is 53.6 Å². The number of ether oxygens (including phenoxy) is 1. The van der Waals surface area contributed by atoms with E-state index in [9.17, 15) is 10.1 Å². The number of nitro groups is 1. The van der Waals surface area contributed by atoms with Gasteiger partial charge in [0.25, 0.3) is 0 Å². The number of aromatic nitrogens is 3. The van der Waals surface area contributed by atoms with Crippen LogP contribution in [-0.2, 0) is 6.42 Å². The Bertz CT molecular complexity index is 1040. The predicted molar refractivity (Wildman–Crippen MR) is 109 cm³/mol. The molecule has 1 aromatic heterocycles. The Balaban J connectivity index is 1.86. The summed E-state index contributed by atoms with van der Waals surface area (Å²) in [6, 6.07) is 14.5. The number of nitrogens with zero attached hydrogens (tertiary/aromatic N) is 4. The summed E-state index contributed by atoms with van der Waals surface area (Å²) in [5.74, 6) is 0.888. The second-order valence-corrected chi connectivity index (χ2v) is 6.38. The number of hydrogen-bond acceptors (Lipinski definition) is 6. The molecule has 0 saturated carbocycles. The van der Waals surface area contributed by atoms with E-state index in [-0.39, 0.29) is 11.4 Å². The highest BCUT2D eigenvalue weighted by Crippen LogP contribution is 2.27. The summed E-state index contributed by atoms with van der Waals surface area (Å²) in [4.78, 5) is 10.9. The van der Waals surface area contributed by atoms with Gasteiger partial charge in [0.05, 0.1) is 17.7 Å². The molecular formula is C19H19N5O3S. The van der Waals surface area contributed by atoms with Gasteiger partial charge in [-0.2, -0.15) is 14.9 Å². The average Bonchev–Trinajstić information content (AvgIpc) is 3.05. The number of hydrogen-bond donors (Lipinski definition) is 1. The molecule has 0 radical (unpaired) electrons. The normalized spacial score (nSPS) is 11.0. The Morgan fingerprint density at radius 1 is 1.32 bits per heavy atom. The zero-order valence-electron chi connectivity index (χ0n) is 15.2. The summed E-state index contributed by atoms with van der Waals surface area (Å²) in [6.45, 7) is 2.36. The molecule has 0 aliphatic heterocycles. The molecule has 0 bridgehead atoms. The molecule has 28 heavy (non-hydrogen) atoms. The molecule has 0 aliphatic rings. The second kappa shape index (κ2) is 9.05. The van der Waals surface area contributed by atoms with Crippen LogP contribution < -0.4 is 4.74 Å². The number of benzene rings is 2. The van der Waals surface area contributed by atoms with Crippen molar-refractivity contribution in [3.8, 4) is 5.75 Å². The van der Waals surface area contributed by atoms with Gasteiger partial charge in [-0.3, -0.25) is 15.2 Å². The molecule has 2 aromatic carbocycles. The Hall–Kier alpha value is -3.33. The molecule has 0 amide bonds. The third kappa shape index (κ3) is 4.68. The van der Waals surface area contributed by atoms with Crippen molar-refractivity contribution in [2.45, 2.75) is 19.8 Å². The van der Waals surface area contributed by atoms with E-state index in [1.807, 2.05) is 37.3 Å². The summed E-state index contributed by atoms with van der Waals surface area (Å²) in [5, 5.41) is 22.6. The summed E-state index contributed by atoms with van der Waals surface area (Å²) in [6.07, 6.45) is 2.83. The van der Waals surface area contributed by atoms with Gasteiger partial charge in [-0.25, -0.2) is 0 Å². The first-order valence-corrected chi connectivity index (χ1v) is 9.15. The van der Waals surface area contributed by atoms with Crippen LogP contribution >= 0.6 is 12.2 Å². The van der Waals surface area contributed by atoms with Gasteiger partial charge in [0.15, 0.2) is 11.6 Å². The molecule has 1 heterocycles. The van der Waals surface area contributed by atoms with Crippen molar-refractivity contribution in [1.29, 1.82) is 0 Å². The second-order valence-electron chi connectivity index (χ2n) is 6.00. The first-order valence-electron chi connectivity index (χ1n) is 8.74. The van der Waals surface area contributed by atoms with Crippen molar-refractivity contribution in [3.05, 3.63) is 80.4 Å². The topological polar surface area (TPSA) is 98.3 Å². The van der Waals surface area contributed by atoms with E-state index in [4.69, 9.17) is 17.0 Å². The lowest BCUT2D eigenvalue weighted by atomic mass is 10.1. The Morgan fingerprint density at radius 2 is 2.11 bits per heavy atom. The number of H-pyrrole nitrogens is 1. The minimum atomic E-state index is -0.466. The molecule has 0 saturated heterocycles. The van der Waals surface area contributed by atoms with Gasteiger partial charge in [-0.1, -0.05) is 37.3 Å². The van der Waals surface area contributed by atoms with E-state index >= 15 is 0 Å². The summed E-state index contributed by atoms with van der Waals surface area (Å²) >= 11 is 5.24. The van der Waals surface area contributed by atoms with Crippen molar-refractivity contribution in [2.24, 2.45) is 5.10 Å². The molecule has 0 spiro atoms. The fraction of sp³-hybridized carbons (Fsp3) is 0.211. The zero-order chi connectivity index (χ0) is 19.9. The maximum absolute atomic E-state index is 11.3. The standard InChI is InChI=1S/C19H19N5O3S/c1-2-10-27-17-9-8-15(11-16(17)24(25)26)13-20-23-18(21-22-19(23)28)12-14-6-4-3-5-7-14/h3-9,11,13H,2,10,12H2,1H3,(H,22,28)/b20-13-. The van der Waals surface area contributed by atoms with Crippen LogP contribution in [0.5, 0.6) is 5.75 Å². The van der Waals surface area contributed by atoms with Crippen LogP contribution in [0, 0.1) is 14.9 Å². The summed E-state index contributed by atoms with van der Waals surface area (Å²) in [7, 11) is 0. The molecule has 3 rings (SSSR count). The van der Waals surface area contributed by atoms with Crippen molar-refractivity contribution in [2.75, 3.05) is 6.61 Å². The van der Waals surface area contributed by atoms with E-state index in [0.717, 1.165) is 12.0 Å². The fourth-order valence-electron chi connectivity index (χ4n) is 2.55. The molecule has 1 N–H and O–H groups in total. The van der Waals surface area contributed by atoms with Gasteiger partial charge >= 0.3 is 5.69 Å². The molecule has 8 nitrogen and oxygen atoms in total. The van der Waals surface area contributed by atoms with Crippen LogP contribution in [0.4, 0.5) is 5.69 Å². The minimum absolute atomic E-state index is 0.0994. The highest BCUT2D eigenvalue weighted by Gasteiger charge is 2.15. The minimum Gasteiger partial charge on any atom is -0.487 e. The van der Waals surface area contributed by atoms with Gasteiger partial charge in [-0.05, 0) is 36.3 Å². The summed E-state index contributed by atoms with van der Waals surface area (Å²) in [5.41, 5.74) is 1.53. The molecule has 0 aliphatic carbocycles. The number of nitrogens with one attached hydrogen (secondary N) is 1. The lowest BCUT2D eigenvalue weighted by molar-refractivity contribution is -0.385. The quantitative estimate of drug-likeness (QED) is 0.267. The van der Waals surface area contributed by atoms with Crippen LogP contribution in [0.3, 0.4) is 0 Å². The Morgan fingerprint density at radius 3 is 2.82 bits per heavy atom. The van der Waals surface area contributed by atoms with Crippen molar-refractivity contribution < 1.29 is 9.66 Å². The highest BCUT2D eigenvalue weighted by atomic mass is 32.1. The third-order valence-corrected chi connectivity index (χ3v) is 4.15.